The maximum absolute atomic E-state index is 14.2. The summed E-state index contributed by atoms with van der Waals surface area (Å²) in [5.74, 6) is 1.69. The third-order valence-corrected chi connectivity index (χ3v) is 9.73. The van der Waals surface area contributed by atoms with Crippen LogP contribution in [0.4, 0.5) is 0 Å². The van der Waals surface area contributed by atoms with E-state index in [2.05, 4.69) is 45.2 Å². The Morgan fingerprint density at radius 2 is 1.74 bits per heavy atom. The Kier molecular flexibility index (Phi) is 11.3. The molecule has 12 heteroatoms. The summed E-state index contributed by atoms with van der Waals surface area (Å²) in [7, 11) is 3.14. The molecule has 0 saturated carbocycles. The van der Waals surface area contributed by atoms with Crippen LogP contribution in [0.2, 0.25) is 0 Å². The summed E-state index contributed by atoms with van der Waals surface area (Å²) in [6.07, 6.45) is 1.73. The van der Waals surface area contributed by atoms with E-state index in [1.165, 1.54) is 11.3 Å². The van der Waals surface area contributed by atoms with E-state index in [-0.39, 0.29) is 23.8 Å². The molecule has 0 spiro atoms. The van der Waals surface area contributed by atoms with Crippen LogP contribution in [-0.4, -0.2) is 37.5 Å². The standard InChI is InChI=1S/C35H34I2N2O7S/c1-7-44-34(41)30-20(4)38-35-39(31(30)23-10-13-26(46-19(2)3)27(17-23)42-5)33(40)29(47-35)16-22-14-25(37)32(28(15-22)43-6)45-18-21-8-11-24(36)12-9-21/h8-17,19,31H,7,18H2,1-6H3/b29-16-/t31-/m1/s1. The van der Waals surface area contributed by atoms with Gasteiger partial charge < -0.3 is 23.7 Å². The number of thiazole rings is 1. The molecule has 0 bridgehead atoms. The lowest BCUT2D eigenvalue weighted by Gasteiger charge is -2.25. The number of allylic oxidation sites excluding steroid dienone is 1. The van der Waals surface area contributed by atoms with Crippen molar-refractivity contribution in [2.45, 2.75) is 46.4 Å². The molecule has 1 aliphatic rings. The van der Waals surface area contributed by atoms with E-state index in [0.29, 0.717) is 50.2 Å². The normalized spacial score (nSPS) is 14.5. The van der Waals surface area contributed by atoms with Gasteiger partial charge in [0, 0.05) is 3.57 Å². The molecular formula is C35H34I2N2O7S. The molecule has 0 saturated heterocycles. The van der Waals surface area contributed by atoms with Gasteiger partial charge >= 0.3 is 5.97 Å². The molecule has 0 fully saturated rings. The summed E-state index contributed by atoms with van der Waals surface area (Å²) in [6.45, 7) is 7.93. The van der Waals surface area contributed by atoms with Crippen molar-refractivity contribution >= 4 is 68.6 Å². The highest BCUT2D eigenvalue weighted by Gasteiger charge is 2.34. The minimum Gasteiger partial charge on any atom is -0.493 e. The molecule has 0 unspecified atom stereocenters. The highest BCUT2D eigenvalue weighted by molar-refractivity contribution is 14.1. The molecular weight excluding hydrogens is 846 g/mol. The minimum absolute atomic E-state index is 0.0695. The number of hydrogen-bond acceptors (Lipinski definition) is 9. The monoisotopic (exact) mass is 880 g/mol. The molecule has 0 N–H and O–H groups in total. The summed E-state index contributed by atoms with van der Waals surface area (Å²) in [6, 6.07) is 16.5. The van der Waals surface area contributed by atoms with E-state index < -0.39 is 12.0 Å². The molecule has 0 amide bonds. The first-order valence-corrected chi connectivity index (χ1v) is 17.8. The first-order valence-electron chi connectivity index (χ1n) is 14.8. The zero-order valence-electron chi connectivity index (χ0n) is 26.8. The van der Waals surface area contributed by atoms with Crippen molar-refractivity contribution in [3.05, 3.63) is 109 Å². The zero-order chi connectivity index (χ0) is 33.8. The lowest BCUT2D eigenvalue weighted by Crippen LogP contribution is -2.40. The fourth-order valence-electron chi connectivity index (χ4n) is 5.16. The molecule has 5 rings (SSSR count). The van der Waals surface area contributed by atoms with Gasteiger partial charge in [-0.15, -0.1) is 0 Å². The number of nitrogens with zero attached hydrogens (tertiary/aromatic N) is 2. The van der Waals surface area contributed by atoms with Gasteiger partial charge in [-0.25, -0.2) is 9.79 Å². The van der Waals surface area contributed by atoms with Gasteiger partial charge in [0.25, 0.3) is 5.56 Å². The maximum Gasteiger partial charge on any atom is 0.338 e. The van der Waals surface area contributed by atoms with Gasteiger partial charge in [0.2, 0.25) is 0 Å². The van der Waals surface area contributed by atoms with Crippen molar-refractivity contribution in [2.75, 3.05) is 20.8 Å². The van der Waals surface area contributed by atoms with Gasteiger partial charge in [-0.3, -0.25) is 9.36 Å². The highest BCUT2D eigenvalue weighted by Crippen LogP contribution is 2.37. The van der Waals surface area contributed by atoms with Gasteiger partial charge in [0.05, 0.1) is 52.3 Å². The van der Waals surface area contributed by atoms with Crippen LogP contribution in [0.3, 0.4) is 0 Å². The minimum atomic E-state index is -0.791. The second kappa shape index (κ2) is 15.2. The summed E-state index contributed by atoms with van der Waals surface area (Å²) < 4.78 is 32.8. The van der Waals surface area contributed by atoms with Crippen LogP contribution in [0.15, 0.2) is 75.7 Å². The van der Waals surface area contributed by atoms with Crippen LogP contribution in [-0.2, 0) is 16.1 Å². The van der Waals surface area contributed by atoms with E-state index in [0.717, 1.165) is 18.3 Å². The summed E-state index contributed by atoms with van der Waals surface area (Å²) in [5.41, 5.74) is 2.94. The Labute approximate surface area is 304 Å². The molecule has 1 aliphatic heterocycles. The molecule has 9 nitrogen and oxygen atoms in total. The highest BCUT2D eigenvalue weighted by atomic mass is 127. The van der Waals surface area contributed by atoms with Crippen LogP contribution in [0.1, 0.15) is 50.4 Å². The molecule has 0 radical (unpaired) electrons. The molecule has 1 atom stereocenters. The molecule has 4 aromatic rings. The SMILES string of the molecule is CCOC(=O)C1=C(C)N=c2s/c(=C\c3cc(I)c(OCc4ccc(I)cc4)c(OC)c3)c(=O)n2[C@@H]1c1ccc(OC(C)C)c(OC)c1. The number of carbonyl (C=O) groups is 1. The van der Waals surface area contributed by atoms with E-state index in [1.807, 2.05) is 56.3 Å². The van der Waals surface area contributed by atoms with Gasteiger partial charge in [-0.05, 0) is 132 Å². The Balaban J connectivity index is 1.59. The Bertz CT molecular complexity index is 2020. The number of halogens is 2. The number of benzene rings is 3. The predicted molar refractivity (Wildman–Crippen MR) is 198 cm³/mol. The summed E-state index contributed by atoms with van der Waals surface area (Å²) in [4.78, 5) is 32.7. The van der Waals surface area contributed by atoms with Crippen LogP contribution < -0.4 is 33.8 Å². The molecule has 246 valence electrons. The van der Waals surface area contributed by atoms with Crippen molar-refractivity contribution in [3.8, 4) is 23.0 Å². The van der Waals surface area contributed by atoms with Gasteiger partial charge in [-0.1, -0.05) is 29.5 Å². The lowest BCUT2D eigenvalue weighted by atomic mass is 9.95. The lowest BCUT2D eigenvalue weighted by molar-refractivity contribution is -0.139. The fourth-order valence-corrected chi connectivity index (χ4v) is 7.35. The topological polar surface area (TPSA) is 97.6 Å². The zero-order valence-corrected chi connectivity index (χ0v) is 31.9. The smallest absolute Gasteiger partial charge is 0.338 e. The molecule has 1 aromatic heterocycles. The average molecular weight is 881 g/mol. The number of ether oxygens (including phenoxy) is 5. The number of aromatic nitrogens is 1. The summed E-state index contributed by atoms with van der Waals surface area (Å²) in [5, 5.41) is 0. The van der Waals surface area contributed by atoms with Crippen LogP contribution in [0.25, 0.3) is 6.08 Å². The Hall–Kier alpha value is -3.37. The predicted octanol–water partition coefficient (Wildman–Crippen LogP) is 6.39. The third-order valence-electron chi connectivity index (χ3n) is 7.23. The number of fused-ring (bicyclic) bond motifs is 1. The maximum atomic E-state index is 14.2. The molecule has 47 heavy (non-hydrogen) atoms. The Morgan fingerprint density at radius 3 is 2.40 bits per heavy atom. The van der Waals surface area contributed by atoms with E-state index in [4.69, 9.17) is 28.7 Å². The largest absolute Gasteiger partial charge is 0.493 e. The van der Waals surface area contributed by atoms with Crippen molar-refractivity contribution in [1.29, 1.82) is 0 Å². The van der Waals surface area contributed by atoms with Gasteiger partial charge in [0.1, 0.15) is 6.61 Å². The van der Waals surface area contributed by atoms with Crippen molar-refractivity contribution < 1.29 is 28.5 Å². The number of hydrogen-bond donors (Lipinski definition) is 0. The van der Waals surface area contributed by atoms with Gasteiger partial charge in [-0.2, -0.15) is 0 Å². The fraction of sp³-hybridized carbons (Fsp3) is 0.286. The Morgan fingerprint density at radius 1 is 1.02 bits per heavy atom. The van der Waals surface area contributed by atoms with Gasteiger partial charge in [0.15, 0.2) is 27.8 Å². The first kappa shape index (κ1) is 35.0. The van der Waals surface area contributed by atoms with Crippen molar-refractivity contribution in [3.63, 3.8) is 0 Å². The van der Waals surface area contributed by atoms with E-state index in [1.54, 1.807) is 50.8 Å². The first-order chi connectivity index (χ1) is 22.5. The van der Waals surface area contributed by atoms with Crippen LogP contribution in [0.5, 0.6) is 23.0 Å². The second-order valence-corrected chi connectivity index (χ2v) is 14.2. The third kappa shape index (κ3) is 7.70. The van der Waals surface area contributed by atoms with E-state index >= 15 is 0 Å². The molecule has 3 aromatic carbocycles. The number of esters is 1. The van der Waals surface area contributed by atoms with Crippen LogP contribution >= 0.6 is 56.5 Å². The molecule has 2 heterocycles. The number of methoxy groups -OCH3 is 2. The van der Waals surface area contributed by atoms with E-state index in [9.17, 15) is 9.59 Å². The van der Waals surface area contributed by atoms with Crippen molar-refractivity contribution in [2.24, 2.45) is 4.99 Å². The molecule has 0 aliphatic carbocycles. The average Bonchev–Trinajstić information content (AvgIpc) is 3.34. The van der Waals surface area contributed by atoms with Crippen LogP contribution in [0, 0.1) is 7.14 Å². The number of rotatable bonds is 11. The number of carbonyl (C=O) groups excluding carboxylic acids is 1. The summed E-state index contributed by atoms with van der Waals surface area (Å²) >= 11 is 5.74. The quantitative estimate of drug-likeness (QED) is 0.127. The van der Waals surface area contributed by atoms with Crippen molar-refractivity contribution in [1.82, 2.24) is 4.57 Å². The second-order valence-electron chi connectivity index (χ2n) is 10.8.